The number of ether oxygens (including phenoxy) is 1. The number of aldehydes is 1. The van der Waals surface area contributed by atoms with E-state index in [1.54, 1.807) is 12.1 Å². The van der Waals surface area contributed by atoms with Gasteiger partial charge in [0.15, 0.2) is 0 Å². The molecule has 3 nitrogen and oxygen atoms in total. The second-order valence-electron chi connectivity index (χ2n) is 2.97. The number of methoxy groups -OCH3 is 1. The summed E-state index contributed by atoms with van der Waals surface area (Å²) in [6.45, 7) is 1.86. The first-order valence-electron chi connectivity index (χ1n) is 4.22. The van der Waals surface area contributed by atoms with Crippen molar-refractivity contribution in [2.45, 2.75) is 13.3 Å². The molecule has 0 aliphatic carbocycles. The van der Waals surface area contributed by atoms with Gasteiger partial charge in [-0.15, -0.1) is 0 Å². The molecule has 1 aromatic rings. The van der Waals surface area contributed by atoms with Crippen molar-refractivity contribution in [3.63, 3.8) is 0 Å². The number of carbonyl (C=O) groups is 1. The topological polar surface area (TPSA) is 50.1 Å². The lowest BCUT2D eigenvalue weighted by atomic mass is 10.0. The molecule has 0 saturated carbocycles. The van der Waals surface area contributed by atoms with E-state index in [4.69, 9.17) is 10.00 Å². The summed E-state index contributed by atoms with van der Waals surface area (Å²) in [4.78, 5) is 10.6. The first-order chi connectivity index (χ1) is 6.72. The fourth-order valence-corrected chi connectivity index (χ4v) is 1.37. The minimum atomic E-state index is 0.300. The van der Waals surface area contributed by atoms with Crippen LogP contribution in [0, 0.1) is 18.3 Å². The zero-order chi connectivity index (χ0) is 10.6. The average molecular weight is 189 g/mol. The molecule has 72 valence electrons. The van der Waals surface area contributed by atoms with E-state index in [0.717, 1.165) is 17.4 Å². The summed E-state index contributed by atoms with van der Waals surface area (Å²) in [5.74, 6) is 0.605. The summed E-state index contributed by atoms with van der Waals surface area (Å²) in [5.41, 5.74) is 2.33. The molecule has 14 heavy (non-hydrogen) atoms. The van der Waals surface area contributed by atoms with Gasteiger partial charge in [0.25, 0.3) is 0 Å². The third kappa shape index (κ3) is 1.91. The van der Waals surface area contributed by atoms with Crippen molar-refractivity contribution in [2.75, 3.05) is 7.11 Å². The van der Waals surface area contributed by atoms with E-state index in [9.17, 15) is 4.79 Å². The molecule has 0 N–H and O–H groups in total. The molecule has 0 heterocycles. The first kappa shape index (κ1) is 10.3. The Morgan fingerprint density at radius 1 is 1.57 bits per heavy atom. The number of aryl methyl sites for hydroxylation is 1. The number of nitrogens with zero attached hydrogens (tertiary/aromatic N) is 1. The van der Waals surface area contributed by atoms with Gasteiger partial charge in [-0.05, 0) is 24.6 Å². The molecule has 0 saturated heterocycles. The number of rotatable bonds is 3. The number of hydrogen-bond donors (Lipinski definition) is 0. The van der Waals surface area contributed by atoms with Gasteiger partial charge in [0.1, 0.15) is 12.0 Å². The Hall–Kier alpha value is -1.82. The average Bonchev–Trinajstić information content (AvgIpc) is 2.20. The molecule has 0 unspecified atom stereocenters. The van der Waals surface area contributed by atoms with Gasteiger partial charge in [0.05, 0.1) is 19.6 Å². The van der Waals surface area contributed by atoms with Crippen molar-refractivity contribution in [1.29, 1.82) is 5.26 Å². The summed E-state index contributed by atoms with van der Waals surface area (Å²) < 4.78 is 5.11. The van der Waals surface area contributed by atoms with Crippen molar-refractivity contribution in [1.82, 2.24) is 0 Å². The van der Waals surface area contributed by atoms with Crippen molar-refractivity contribution in [3.8, 4) is 11.8 Å². The zero-order valence-electron chi connectivity index (χ0n) is 8.20. The van der Waals surface area contributed by atoms with Crippen LogP contribution in [0.1, 0.15) is 21.5 Å². The van der Waals surface area contributed by atoms with E-state index < -0.39 is 0 Å². The second kappa shape index (κ2) is 4.43. The Labute approximate surface area is 82.9 Å². The predicted molar refractivity (Wildman–Crippen MR) is 52.4 cm³/mol. The van der Waals surface area contributed by atoms with E-state index in [0.29, 0.717) is 17.7 Å². The maximum absolute atomic E-state index is 10.6. The Bertz CT molecular complexity index is 391. The molecule has 0 aliphatic heterocycles. The van der Waals surface area contributed by atoms with Gasteiger partial charge in [0, 0.05) is 11.1 Å². The van der Waals surface area contributed by atoms with Crippen LogP contribution >= 0.6 is 0 Å². The van der Waals surface area contributed by atoms with Crippen molar-refractivity contribution >= 4 is 6.29 Å². The number of benzene rings is 1. The van der Waals surface area contributed by atoms with E-state index in [1.807, 2.05) is 6.92 Å². The largest absolute Gasteiger partial charge is 0.496 e. The van der Waals surface area contributed by atoms with Gasteiger partial charge in [0.2, 0.25) is 0 Å². The van der Waals surface area contributed by atoms with Crippen LogP contribution in [0.25, 0.3) is 0 Å². The van der Waals surface area contributed by atoms with Crippen LogP contribution in [-0.4, -0.2) is 13.4 Å². The number of nitriles is 1. The molecule has 1 rings (SSSR count). The fourth-order valence-electron chi connectivity index (χ4n) is 1.37. The standard InChI is InChI=1S/C11H11NO2/c1-8-5-9(7-13)6-11(14-2)10(8)3-4-12/h5-7H,3H2,1-2H3. The SMILES string of the molecule is COc1cc(C=O)cc(C)c1CC#N. The minimum Gasteiger partial charge on any atom is -0.496 e. The number of carbonyl (C=O) groups excluding carboxylic acids is 1. The van der Waals surface area contributed by atoms with Crippen LogP contribution in [0.2, 0.25) is 0 Å². The van der Waals surface area contributed by atoms with Crippen LogP contribution in [0.5, 0.6) is 5.75 Å². The molecule has 0 atom stereocenters. The van der Waals surface area contributed by atoms with Gasteiger partial charge < -0.3 is 4.74 Å². The highest BCUT2D eigenvalue weighted by Gasteiger charge is 2.07. The predicted octanol–water partition coefficient (Wildman–Crippen LogP) is 1.88. The summed E-state index contributed by atoms with van der Waals surface area (Å²) in [5, 5.41) is 8.62. The van der Waals surface area contributed by atoms with Crippen LogP contribution < -0.4 is 4.74 Å². The lowest BCUT2D eigenvalue weighted by Gasteiger charge is -2.09. The van der Waals surface area contributed by atoms with Gasteiger partial charge >= 0.3 is 0 Å². The second-order valence-corrected chi connectivity index (χ2v) is 2.97. The Morgan fingerprint density at radius 3 is 2.79 bits per heavy atom. The Balaban J connectivity index is 3.28. The maximum Gasteiger partial charge on any atom is 0.150 e. The van der Waals surface area contributed by atoms with Gasteiger partial charge in [-0.2, -0.15) is 5.26 Å². The first-order valence-corrected chi connectivity index (χ1v) is 4.22. The highest BCUT2D eigenvalue weighted by Crippen LogP contribution is 2.23. The van der Waals surface area contributed by atoms with Crippen molar-refractivity contribution in [2.24, 2.45) is 0 Å². The molecular formula is C11H11NO2. The smallest absolute Gasteiger partial charge is 0.150 e. The molecule has 0 aliphatic rings. The molecule has 0 radical (unpaired) electrons. The Morgan fingerprint density at radius 2 is 2.29 bits per heavy atom. The summed E-state index contributed by atoms with van der Waals surface area (Å²) in [6, 6.07) is 5.47. The summed E-state index contributed by atoms with van der Waals surface area (Å²) >= 11 is 0. The van der Waals surface area contributed by atoms with Crippen LogP contribution in [0.3, 0.4) is 0 Å². The molecule has 1 aromatic carbocycles. The monoisotopic (exact) mass is 189 g/mol. The third-order valence-electron chi connectivity index (χ3n) is 2.07. The van der Waals surface area contributed by atoms with Gasteiger partial charge in [-0.1, -0.05) is 0 Å². The van der Waals surface area contributed by atoms with Crippen molar-refractivity contribution < 1.29 is 9.53 Å². The van der Waals surface area contributed by atoms with Gasteiger partial charge in [-0.25, -0.2) is 0 Å². The maximum atomic E-state index is 10.6. The van der Waals surface area contributed by atoms with Gasteiger partial charge in [-0.3, -0.25) is 4.79 Å². The molecule has 3 heteroatoms. The molecule has 0 bridgehead atoms. The number of hydrogen-bond acceptors (Lipinski definition) is 3. The van der Waals surface area contributed by atoms with E-state index in [-0.39, 0.29) is 0 Å². The molecular weight excluding hydrogens is 178 g/mol. The highest BCUT2D eigenvalue weighted by molar-refractivity contribution is 5.76. The fraction of sp³-hybridized carbons (Fsp3) is 0.273. The summed E-state index contributed by atoms with van der Waals surface area (Å²) in [7, 11) is 1.53. The van der Waals surface area contributed by atoms with E-state index in [1.165, 1.54) is 7.11 Å². The van der Waals surface area contributed by atoms with Crippen LogP contribution in [-0.2, 0) is 6.42 Å². The summed E-state index contributed by atoms with van der Waals surface area (Å²) in [6.07, 6.45) is 1.07. The normalized spacial score (nSPS) is 9.21. The highest BCUT2D eigenvalue weighted by atomic mass is 16.5. The molecule has 0 fully saturated rings. The lowest BCUT2D eigenvalue weighted by molar-refractivity contribution is 0.112. The molecule has 0 aromatic heterocycles. The Kier molecular flexibility index (Phi) is 3.24. The molecule has 0 spiro atoms. The van der Waals surface area contributed by atoms with E-state index in [2.05, 4.69) is 6.07 Å². The van der Waals surface area contributed by atoms with Crippen LogP contribution in [0.4, 0.5) is 0 Å². The van der Waals surface area contributed by atoms with Crippen LogP contribution in [0.15, 0.2) is 12.1 Å². The molecule has 0 amide bonds. The third-order valence-corrected chi connectivity index (χ3v) is 2.07. The van der Waals surface area contributed by atoms with Crippen molar-refractivity contribution in [3.05, 3.63) is 28.8 Å². The quantitative estimate of drug-likeness (QED) is 0.682. The van der Waals surface area contributed by atoms with E-state index >= 15 is 0 Å². The zero-order valence-corrected chi connectivity index (χ0v) is 8.20. The lowest BCUT2D eigenvalue weighted by Crippen LogP contribution is -1.96. The minimum absolute atomic E-state index is 0.300.